The molecule has 0 aromatic heterocycles. The first-order chi connectivity index (χ1) is 14.7. The second-order valence-electron chi connectivity index (χ2n) is 7.68. The zero-order chi connectivity index (χ0) is 20.8. The van der Waals surface area contributed by atoms with Crippen molar-refractivity contribution in [1.29, 1.82) is 0 Å². The normalized spacial score (nSPS) is 16.0. The number of guanidine groups is 1. The molecule has 0 unspecified atom stereocenters. The topological polar surface area (TPSA) is 58.1 Å². The minimum Gasteiger partial charge on any atom is -0.486 e. The van der Waals surface area contributed by atoms with Crippen molar-refractivity contribution < 1.29 is 9.47 Å². The van der Waals surface area contributed by atoms with Gasteiger partial charge in [0.15, 0.2) is 17.5 Å². The average Bonchev–Trinajstić information content (AvgIpc) is 3.28. The molecule has 1 saturated heterocycles. The third-order valence-corrected chi connectivity index (χ3v) is 5.71. The van der Waals surface area contributed by atoms with Crippen LogP contribution in [0.25, 0.3) is 0 Å². The molecular formula is C23H30ClIN4O2. The van der Waals surface area contributed by atoms with Gasteiger partial charge in [-0.15, -0.1) is 24.0 Å². The van der Waals surface area contributed by atoms with Crippen LogP contribution in [0, 0.1) is 0 Å². The zero-order valence-corrected chi connectivity index (χ0v) is 20.9. The molecule has 0 amide bonds. The first-order valence-electron chi connectivity index (χ1n) is 10.5. The van der Waals surface area contributed by atoms with E-state index >= 15 is 0 Å². The van der Waals surface area contributed by atoms with E-state index in [4.69, 9.17) is 21.1 Å². The standard InChI is InChI=1S/C23H29ClN4O2.HI/c1-25-23(27-15-19-12-20(24)22-21(13-19)29-10-11-30-22)26-14-17-4-6-18(7-5-17)16-28-8-2-3-9-28;/h4-7,12-13H,2-3,8-11,14-16H2,1H3,(H2,25,26,27);1H. The number of benzene rings is 2. The Bertz CT molecular complexity index is 886. The average molecular weight is 557 g/mol. The number of hydrogen-bond acceptors (Lipinski definition) is 4. The lowest BCUT2D eigenvalue weighted by molar-refractivity contribution is 0.171. The highest BCUT2D eigenvalue weighted by Crippen LogP contribution is 2.38. The fourth-order valence-corrected chi connectivity index (χ4v) is 4.11. The van der Waals surface area contributed by atoms with Gasteiger partial charge >= 0.3 is 0 Å². The minimum absolute atomic E-state index is 0. The first kappa shape index (κ1) is 23.9. The summed E-state index contributed by atoms with van der Waals surface area (Å²) in [6, 6.07) is 12.7. The van der Waals surface area contributed by atoms with E-state index in [0.29, 0.717) is 42.8 Å². The Labute approximate surface area is 206 Å². The Balaban J connectivity index is 0.00000272. The Morgan fingerprint density at radius 3 is 2.32 bits per heavy atom. The molecule has 2 aromatic rings. The molecule has 0 saturated carbocycles. The summed E-state index contributed by atoms with van der Waals surface area (Å²) in [6.07, 6.45) is 2.65. The molecular weight excluding hydrogens is 527 g/mol. The van der Waals surface area contributed by atoms with Crippen molar-refractivity contribution >= 4 is 41.5 Å². The van der Waals surface area contributed by atoms with E-state index in [-0.39, 0.29) is 24.0 Å². The summed E-state index contributed by atoms with van der Waals surface area (Å²) < 4.78 is 11.2. The summed E-state index contributed by atoms with van der Waals surface area (Å²) in [7, 11) is 1.77. The van der Waals surface area contributed by atoms with Crippen LogP contribution >= 0.6 is 35.6 Å². The van der Waals surface area contributed by atoms with Crippen molar-refractivity contribution in [3.05, 3.63) is 58.1 Å². The Morgan fingerprint density at radius 1 is 0.968 bits per heavy atom. The van der Waals surface area contributed by atoms with Gasteiger partial charge in [0.1, 0.15) is 13.2 Å². The van der Waals surface area contributed by atoms with Crippen molar-refractivity contribution in [3.63, 3.8) is 0 Å². The van der Waals surface area contributed by atoms with Gasteiger partial charge in [0.05, 0.1) is 5.02 Å². The number of fused-ring (bicyclic) bond motifs is 1. The van der Waals surface area contributed by atoms with Gasteiger partial charge in [0.2, 0.25) is 0 Å². The van der Waals surface area contributed by atoms with Crippen molar-refractivity contribution in [2.75, 3.05) is 33.4 Å². The largest absolute Gasteiger partial charge is 0.486 e. The van der Waals surface area contributed by atoms with Gasteiger partial charge in [-0.1, -0.05) is 35.9 Å². The molecule has 8 heteroatoms. The molecule has 6 nitrogen and oxygen atoms in total. The molecule has 2 aliphatic rings. The summed E-state index contributed by atoms with van der Waals surface area (Å²) in [5.74, 6) is 2.06. The van der Waals surface area contributed by atoms with E-state index < -0.39 is 0 Å². The van der Waals surface area contributed by atoms with Gasteiger partial charge in [0.25, 0.3) is 0 Å². The first-order valence-corrected chi connectivity index (χ1v) is 10.9. The number of hydrogen-bond donors (Lipinski definition) is 2. The quantitative estimate of drug-likeness (QED) is 0.318. The van der Waals surface area contributed by atoms with Crippen LogP contribution in [0.15, 0.2) is 41.4 Å². The van der Waals surface area contributed by atoms with E-state index in [1.165, 1.54) is 37.1 Å². The number of halogens is 2. The maximum atomic E-state index is 6.32. The van der Waals surface area contributed by atoms with E-state index in [2.05, 4.69) is 44.8 Å². The zero-order valence-electron chi connectivity index (χ0n) is 17.8. The van der Waals surface area contributed by atoms with Crippen molar-refractivity contribution in [1.82, 2.24) is 15.5 Å². The molecule has 0 aliphatic carbocycles. The fourth-order valence-electron chi connectivity index (χ4n) is 3.82. The van der Waals surface area contributed by atoms with E-state index in [9.17, 15) is 0 Å². The molecule has 4 rings (SSSR count). The molecule has 168 valence electrons. The summed E-state index contributed by atoms with van der Waals surface area (Å²) in [5, 5.41) is 7.26. The molecule has 2 aromatic carbocycles. The molecule has 2 heterocycles. The number of nitrogens with zero attached hydrogens (tertiary/aromatic N) is 2. The molecule has 0 spiro atoms. The van der Waals surface area contributed by atoms with E-state index in [0.717, 1.165) is 18.1 Å². The minimum atomic E-state index is 0. The highest BCUT2D eigenvalue weighted by molar-refractivity contribution is 14.0. The number of nitrogens with one attached hydrogen (secondary N) is 2. The summed E-state index contributed by atoms with van der Waals surface area (Å²) in [4.78, 5) is 6.83. The monoisotopic (exact) mass is 556 g/mol. The number of rotatable bonds is 6. The maximum Gasteiger partial charge on any atom is 0.191 e. The second-order valence-corrected chi connectivity index (χ2v) is 8.09. The van der Waals surface area contributed by atoms with Gasteiger partial charge in [-0.3, -0.25) is 9.89 Å². The van der Waals surface area contributed by atoms with Crippen molar-refractivity contribution in [3.8, 4) is 11.5 Å². The lowest BCUT2D eigenvalue weighted by atomic mass is 10.1. The van der Waals surface area contributed by atoms with Crippen LogP contribution in [0.2, 0.25) is 5.02 Å². The van der Waals surface area contributed by atoms with Gasteiger partial charge < -0.3 is 20.1 Å². The Morgan fingerprint density at radius 2 is 1.61 bits per heavy atom. The van der Waals surface area contributed by atoms with E-state index in [1.807, 2.05) is 12.1 Å². The van der Waals surface area contributed by atoms with Gasteiger partial charge in [-0.25, -0.2) is 0 Å². The summed E-state index contributed by atoms with van der Waals surface area (Å²) in [6.45, 7) is 5.87. The number of ether oxygens (including phenoxy) is 2. The summed E-state index contributed by atoms with van der Waals surface area (Å²) >= 11 is 6.32. The van der Waals surface area contributed by atoms with Crippen LogP contribution in [-0.2, 0) is 19.6 Å². The smallest absolute Gasteiger partial charge is 0.191 e. The lowest BCUT2D eigenvalue weighted by Crippen LogP contribution is -2.36. The van der Waals surface area contributed by atoms with Gasteiger partial charge in [-0.05, 0) is 54.8 Å². The molecule has 2 N–H and O–H groups in total. The van der Waals surface area contributed by atoms with Gasteiger partial charge in [-0.2, -0.15) is 0 Å². The predicted octanol–water partition coefficient (Wildman–Crippen LogP) is 4.19. The molecule has 2 aliphatic heterocycles. The third-order valence-electron chi connectivity index (χ3n) is 5.43. The van der Waals surface area contributed by atoms with Crippen LogP contribution in [0.4, 0.5) is 0 Å². The van der Waals surface area contributed by atoms with Crippen LogP contribution in [0.3, 0.4) is 0 Å². The second kappa shape index (κ2) is 11.8. The highest BCUT2D eigenvalue weighted by atomic mass is 127. The van der Waals surface area contributed by atoms with Crippen molar-refractivity contribution in [2.24, 2.45) is 4.99 Å². The SMILES string of the molecule is CN=C(NCc1ccc(CN2CCCC2)cc1)NCc1cc(Cl)c2c(c1)OCCO2.I. The third kappa shape index (κ3) is 6.63. The summed E-state index contributed by atoms with van der Waals surface area (Å²) in [5.41, 5.74) is 3.61. The molecule has 0 bridgehead atoms. The Hall–Kier alpha value is -1.71. The van der Waals surface area contributed by atoms with Crippen molar-refractivity contribution in [2.45, 2.75) is 32.5 Å². The molecule has 0 atom stereocenters. The molecule has 1 fully saturated rings. The fraction of sp³-hybridized carbons (Fsp3) is 0.435. The van der Waals surface area contributed by atoms with Gasteiger partial charge in [0, 0.05) is 26.7 Å². The lowest BCUT2D eigenvalue weighted by Gasteiger charge is -2.20. The Kier molecular flexibility index (Phi) is 9.10. The van der Waals surface area contributed by atoms with E-state index in [1.54, 1.807) is 7.05 Å². The molecule has 0 radical (unpaired) electrons. The van der Waals surface area contributed by atoms with Crippen LogP contribution in [0.5, 0.6) is 11.5 Å². The number of likely N-dealkylation sites (tertiary alicyclic amines) is 1. The highest BCUT2D eigenvalue weighted by Gasteiger charge is 2.16. The van der Waals surface area contributed by atoms with Crippen LogP contribution in [0.1, 0.15) is 29.5 Å². The maximum absolute atomic E-state index is 6.32. The van der Waals surface area contributed by atoms with Crippen LogP contribution in [-0.4, -0.2) is 44.2 Å². The molecule has 31 heavy (non-hydrogen) atoms. The predicted molar refractivity (Wildman–Crippen MR) is 136 cm³/mol. The van der Waals surface area contributed by atoms with Crippen LogP contribution < -0.4 is 20.1 Å². The number of aliphatic imine (C=N–C) groups is 1.